The molecule has 0 spiro atoms. The third kappa shape index (κ3) is 3.49. The maximum Gasteiger partial charge on any atom is 0.264 e. The molecule has 3 aliphatic heterocycles. The average Bonchev–Trinajstić information content (AvgIpc) is 3.08. The number of carbonyl (C=O) groups excluding carboxylic acids is 5. The van der Waals surface area contributed by atoms with Crippen molar-refractivity contribution in [2.75, 3.05) is 35.2 Å². The number of rotatable bonds is 4. The summed E-state index contributed by atoms with van der Waals surface area (Å²) in [5, 5.41) is 8.43. The van der Waals surface area contributed by atoms with Crippen LogP contribution in [0.3, 0.4) is 0 Å². The lowest BCUT2D eigenvalue weighted by atomic mass is 10.0. The number of fused-ring (bicyclic) bond motifs is 2. The van der Waals surface area contributed by atoms with E-state index in [4.69, 9.17) is 0 Å². The van der Waals surface area contributed by atoms with Gasteiger partial charge in [-0.2, -0.15) is 0 Å². The number of benzene rings is 2. The summed E-state index contributed by atoms with van der Waals surface area (Å²) in [4.78, 5) is 65.4. The number of piperidine rings is 1. The summed E-state index contributed by atoms with van der Waals surface area (Å²) >= 11 is 0. The highest BCUT2D eigenvalue weighted by Crippen LogP contribution is 2.33. The van der Waals surface area contributed by atoms with Gasteiger partial charge >= 0.3 is 0 Å². The van der Waals surface area contributed by atoms with E-state index < -0.39 is 29.7 Å². The molecule has 3 N–H and O–H groups in total. The Morgan fingerprint density at radius 3 is 2.67 bits per heavy atom. The molecule has 3 aliphatic rings. The van der Waals surface area contributed by atoms with E-state index in [1.807, 2.05) is 24.3 Å². The van der Waals surface area contributed by atoms with Gasteiger partial charge in [0.15, 0.2) is 0 Å². The molecule has 1 atom stereocenters. The normalized spacial score (nSPS) is 19.6. The third-order valence-corrected chi connectivity index (χ3v) is 6.04. The van der Waals surface area contributed by atoms with Crippen molar-refractivity contribution >= 4 is 46.6 Å². The van der Waals surface area contributed by atoms with Gasteiger partial charge in [-0.3, -0.25) is 34.2 Å². The molecule has 5 rings (SSSR count). The van der Waals surface area contributed by atoms with Crippen molar-refractivity contribution in [1.29, 1.82) is 0 Å². The van der Waals surface area contributed by atoms with Crippen LogP contribution in [0.4, 0.5) is 17.1 Å². The summed E-state index contributed by atoms with van der Waals surface area (Å²) in [5.74, 6) is -2.48. The molecule has 0 aromatic heterocycles. The minimum absolute atomic E-state index is 0.0512. The predicted molar refractivity (Wildman–Crippen MR) is 119 cm³/mol. The molecule has 10 heteroatoms. The summed E-state index contributed by atoms with van der Waals surface area (Å²) in [6.07, 6.45) is 0.134. The molecule has 33 heavy (non-hydrogen) atoms. The van der Waals surface area contributed by atoms with Crippen LogP contribution in [0, 0.1) is 0 Å². The Hall–Kier alpha value is -4.21. The van der Waals surface area contributed by atoms with E-state index in [1.54, 1.807) is 17.0 Å². The SMILES string of the molecule is O=C1CCC(N2C(=O)c3cccc(NCC(=O)N4CCNc5ccccc54)c3C2=O)C(=O)N1. The van der Waals surface area contributed by atoms with Crippen molar-refractivity contribution in [1.82, 2.24) is 10.2 Å². The summed E-state index contributed by atoms with van der Waals surface area (Å²) in [5.41, 5.74) is 2.29. The quantitative estimate of drug-likeness (QED) is 0.596. The highest BCUT2D eigenvalue weighted by Gasteiger charge is 2.45. The summed E-state index contributed by atoms with van der Waals surface area (Å²) in [7, 11) is 0. The first-order chi connectivity index (χ1) is 16.0. The van der Waals surface area contributed by atoms with Crippen LogP contribution in [-0.4, -0.2) is 60.1 Å². The van der Waals surface area contributed by atoms with Gasteiger partial charge in [-0.1, -0.05) is 18.2 Å². The van der Waals surface area contributed by atoms with Crippen molar-refractivity contribution in [2.24, 2.45) is 0 Å². The van der Waals surface area contributed by atoms with Crippen LogP contribution < -0.4 is 20.9 Å². The third-order valence-electron chi connectivity index (χ3n) is 6.04. The molecule has 0 saturated carbocycles. The molecule has 1 fully saturated rings. The number of nitrogens with zero attached hydrogens (tertiary/aromatic N) is 2. The van der Waals surface area contributed by atoms with Crippen molar-refractivity contribution < 1.29 is 24.0 Å². The van der Waals surface area contributed by atoms with Crippen LogP contribution in [0.15, 0.2) is 42.5 Å². The van der Waals surface area contributed by atoms with Crippen LogP contribution in [0.1, 0.15) is 33.6 Å². The van der Waals surface area contributed by atoms with E-state index >= 15 is 0 Å². The second kappa shape index (κ2) is 8.05. The zero-order chi connectivity index (χ0) is 23.1. The summed E-state index contributed by atoms with van der Waals surface area (Å²) in [6, 6.07) is 11.2. The molecule has 1 unspecified atom stereocenters. The molecule has 10 nitrogen and oxygen atoms in total. The van der Waals surface area contributed by atoms with E-state index in [0.29, 0.717) is 18.8 Å². The van der Waals surface area contributed by atoms with Crippen LogP contribution in [0.2, 0.25) is 0 Å². The number of imide groups is 2. The largest absolute Gasteiger partial charge is 0.382 e. The number of para-hydroxylation sites is 2. The van der Waals surface area contributed by atoms with Gasteiger partial charge in [-0.15, -0.1) is 0 Å². The van der Waals surface area contributed by atoms with Crippen molar-refractivity contribution in [2.45, 2.75) is 18.9 Å². The molecule has 0 aliphatic carbocycles. The molecular formula is C23H21N5O5. The van der Waals surface area contributed by atoms with E-state index in [2.05, 4.69) is 16.0 Å². The van der Waals surface area contributed by atoms with Gasteiger partial charge in [0, 0.05) is 25.2 Å². The standard InChI is InChI=1S/C23H21N5O5/c29-18-9-8-17(21(31)26-18)28-22(32)13-4-3-6-15(20(13)23(28)33)25-12-19(30)27-11-10-24-14-5-1-2-7-16(14)27/h1-7,17,24-25H,8-12H2,(H,26,29,31). The Labute approximate surface area is 188 Å². The van der Waals surface area contributed by atoms with E-state index in [-0.39, 0.29) is 36.4 Å². The Balaban J connectivity index is 1.35. The van der Waals surface area contributed by atoms with Crippen LogP contribution in [0.25, 0.3) is 0 Å². The lowest BCUT2D eigenvalue weighted by molar-refractivity contribution is -0.136. The molecule has 2 aromatic rings. The molecule has 1 saturated heterocycles. The van der Waals surface area contributed by atoms with Crippen molar-refractivity contribution in [3.05, 3.63) is 53.6 Å². The van der Waals surface area contributed by atoms with E-state index in [0.717, 1.165) is 16.3 Å². The fraction of sp³-hybridized carbons (Fsp3) is 0.261. The van der Waals surface area contributed by atoms with Crippen molar-refractivity contribution in [3.8, 4) is 0 Å². The van der Waals surface area contributed by atoms with Crippen molar-refractivity contribution in [3.63, 3.8) is 0 Å². The van der Waals surface area contributed by atoms with Gasteiger partial charge in [0.1, 0.15) is 6.04 Å². The maximum atomic E-state index is 13.2. The Kier molecular flexibility index (Phi) is 5.04. The fourth-order valence-electron chi connectivity index (χ4n) is 4.47. The van der Waals surface area contributed by atoms with Gasteiger partial charge in [0.2, 0.25) is 17.7 Å². The highest BCUT2D eigenvalue weighted by atomic mass is 16.2. The fourth-order valence-corrected chi connectivity index (χ4v) is 4.47. The Bertz CT molecular complexity index is 1210. The minimum atomic E-state index is -1.04. The van der Waals surface area contributed by atoms with Gasteiger partial charge in [0.05, 0.1) is 29.0 Å². The molecule has 0 radical (unpaired) electrons. The maximum absolute atomic E-state index is 13.2. The molecule has 2 aromatic carbocycles. The zero-order valence-corrected chi connectivity index (χ0v) is 17.6. The zero-order valence-electron chi connectivity index (χ0n) is 17.6. The first-order valence-corrected chi connectivity index (χ1v) is 10.7. The summed E-state index contributed by atoms with van der Waals surface area (Å²) < 4.78 is 0. The Morgan fingerprint density at radius 1 is 1.03 bits per heavy atom. The van der Waals surface area contributed by atoms with Gasteiger partial charge in [0.25, 0.3) is 11.8 Å². The first kappa shape index (κ1) is 20.7. The highest BCUT2D eigenvalue weighted by molar-refractivity contribution is 6.25. The topological polar surface area (TPSA) is 128 Å². The molecule has 168 valence electrons. The van der Waals surface area contributed by atoms with Gasteiger partial charge in [-0.25, -0.2) is 0 Å². The number of hydrogen-bond acceptors (Lipinski definition) is 7. The monoisotopic (exact) mass is 447 g/mol. The first-order valence-electron chi connectivity index (χ1n) is 10.7. The molecular weight excluding hydrogens is 426 g/mol. The van der Waals surface area contributed by atoms with Crippen LogP contribution in [0.5, 0.6) is 0 Å². The van der Waals surface area contributed by atoms with Gasteiger partial charge in [-0.05, 0) is 30.7 Å². The molecule has 5 amide bonds. The molecule has 0 bridgehead atoms. The summed E-state index contributed by atoms with van der Waals surface area (Å²) in [6.45, 7) is 1.05. The average molecular weight is 447 g/mol. The number of amides is 5. The number of anilines is 3. The Morgan fingerprint density at radius 2 is 1.85 bits per heavy atom. The van der Waals surface area contributed by atoms with E-state index in [1.165, 1.54) is 6.07 Å². The smallest absolute Gasteiger partial charge is 0.264 e. The second-order valence-electron chi connectivity index (χ2n) is 8.02. The van der Waals surface area contributed by atoms with Crippen LogP contribution in [-0.2, 0) is 14.4 Å². The van der Waals surface area contributed by atoms with E-state index in [9.17, 15) is 24.0 Å². The minimum Gasteiger partial charge on any atom is -0.382 e. The number of hydrogen-bond donors (Lipinski definition) is 3. The predicted octanol–water partition coefficient (Wildman–Crippen LogP) is 0.958. The second-order valence-corrected chi connectivity index (χ2v) is 8.02. The van der Waals surface area contributed by atoms with Gasteiger partial charge < -0.3 is 15.5 Å². The van der Waals surface area contributed by atoms with Crippen LogP contribution >= 0.6 is 0 Å². The lowest BCUT2D eigenvalue weighted by Crippen LogP contribution is -2.54. The number of nitrogens with one attached hydrogen (secondary N) is 3. The number of carbonyl (C=O) groups is 5. The lowest BCUT2D eigenvalue weighted by Gasteiger charge is -2.30. The molecule has 3 heterocycles.